The van der Waals surface area contributed by atoms with Crippen molar-refractivity contribution in [2.75, 3.05) is 26.1 Å². The summed E-state index contributed by atoms with van der Waals surface area (Å²) in [5, 5.41) is 7.78. The highest BCUT2D eigenvalue weighted by Gasteiger charge is 2.34. The van der Waals surface area contributed by atoms with Crippen LogP contribution in [-0.2, 0) is 24.1 Å². The monoisotopic (exact) mass is 550 g/mol. The average molecular weight is 551 g/mol. The molecule has 0 saturated heterocycles. The minimum Gasteiger partial charge on any atom is -0.487 e. The van der Waals surface area contributed by atoms with Crippen LogP contribution in [0, 0.1) is 5.92 Å². The molecule has 0 spiro atoms. The summed E-state index contributed by atoms with van der Waals surface area (Å²) in [5.74, 6) is -1.77. The van der Waals surface area contributed by atoms with Crippen molar-refractivity contribution in [1.29, 1.82) is 0 Å². The van der Waals surface area contributed by atoms with E-state index in [-0.39, 0.29) is 17.9 Å². The standard InChI is InChI=1S/C27H36F2N4O4S/c1-27(28,29)17-37-21-8-4-6-19(15-21)5-3-7-20-16-22-23(25(34)30-20)24(26(35)32-38-14-13-36-2)33(31-22)12-11-18-9-10-18/h4,6,8,15,18,20H,3,5,7,9-14,16-17H2,1-2H3,(H,30,34)(H,32,35). The van der Waals surface area contributed by atoms with Gasteiger partial charge in [0.2, 0.25) is 0 Å². The van der Waals surface area contributed by atoms with E-state index in [1.165, 1.54) is 24.8 Å². The van der Waals surface area contributed by atoms with Crippen molar-refractivity contribution < 1.29 is 27.8 Å². The minimum atomic E-state index is -2.89. The van der Waals surface area contributed by atoms with Gasteiger partial charge in [0, 0.05) is 38.8 Å². The summed E-state index contributed by atoms with van der Waals surface area (Å²) in [4.78, 5) is 26.2. The number of nitrogens with one attached hydrogen (secondary N) is 2. The van der Waals surface area contributed by atoms with Crippen LogP contribution in [-0.4, -0.2) is 59.6 Å². The van der Waals surface area contributed by atoms with Gasteiger partial charge in [-0.15, -0.1) is 0 Å². The number of carbonyl (C=O) groups is 2. The van der Waals surface area contributed by atoms with Crippen LogP contribution in [0.4, 0.5) is 8.78 Å². The van der Waals surface area contributed by atoms with Crippen LogP contribution in [0.2, 0.25) is 0 Å². The highest BCUT2D eigenvalue weighted by Crippen LogP contribution is 2.33. The summed E-state index contributed by atoms with van der Waals surface area (Å²) in [6.45, 7) is 1.29. The maximum Gasteiger partial charge on any atom is 0.280 e. The number of methoxy groups -OCH3 is 1. The Morgan fingerprint density at radius 2 is 2.13 bits per heavy atom. The number of alkyl halides is 2. The first-order valence-electron chi connectivity index (χ1n) is 13.1. The molecule has 1 unspecified atom stereocenters. The maximum absolute atomic E-state index is 13.1. The summed E-state index contributed by atoms with van der Waals surface area (Å²) >= 11 is 1.25. The maximum atomic E-state index is 13.1. The normalized spacial score (nSPS) is 17.2. The van der Waals surface area contributed by atoms with Crippen LogP contribution >= 0.6 is 11.9 Å². The number of hydrogen-bond acceptors (Lipinski definition) is 6. The SMILES string of the molecule is COCCSNC(=O)c1c2c(nn1CCC1CC1)CC(CCCc1cccc(OCC(C)(F)F)c1)NC2=O. The fourth-order valence-electron chi connectivity index (χ4n) is 4.56. The lowest BCUT2D eigenvalue weighted by Crippen LogP contribution is -2.42. The number of benzene rings is 1. The van der Waals surface area contributed by atoms with Crippen LogP contribution in [0.25, 0.3) is 0 Å². The Bertz CT molecular complexity index is 1120. The summed E-state index contributed by atoms with van der Waals surface area (Å²) in [6, 6.07) is 7.08. The van der Waals surface area contributed by atoms with Gasteiger partial charge in [0.25, 0.3) is 17.7 Å². The fraction of sp³-hybridized carbons (Fsp3) is 0.593. The molecule has 0 radical (unpaired) electrons. The first kappa shape index (κ1) is 28.4. The van der Waals surface area contributed by atoms with E-state index in [9.17, 15) is 18.4 Å². The van der Waals surface area contributed by atoms with E-state index >= 15 is 0 Å². The number of rotatable bonds is 15. The van der Waals surface area contributed by atoms with Gasteiger partial charge in [-0.2, -0.15) is 5.10 Å². The molecular weight excluding hydrogens is 514 g/mol. The predicted molar refractivity (Wildman–Crippen MR) is 142 cm³/mol. The lowest BCUT2D eigenvalue weighted by Gasteiger charge is -2.23. The molecule has 1 atom stereocenters. The molecular formula is C27H36F2N4O4S. The second-order valence-electron chi connectivity index (χ2n) is 10.2. The van der Waals surface area contributed by atoms with Gasteiger partial charge in [-0.1, -0.05) is 25.0 Å². The molecule has 1 aliphatic carbocycles. The van der Waals surface area contributed by atoms with Crippen molar-refractivity contribution in [3.63, 3.8) is 0 Å². The summed E-state index contributed by atoms with van der Waals surface area (Å²) < 4.78 is 41.0. The van der Waals surface area contributed by atoms with Gasteiger partial charge < -0.3 is 14.8 Å². The fourth-order valence-corrected chi connectivity index (χ4v) is 5.14. The largest absolute Gasteiger partial charge is 0.487 e. The zero-order valence-corrected chi connectivity index (χ0v) is 22.8. The Morgan fingerprint density at radius 1 is 1.32 bits per heavy atom. The highest BCUT2D eigenvalue weighted by atomic mass is 32.2. The highest BCUT2D eigenvalue weighted by molar-refractivity contribution is 7.97. The molecule has 38 heavy (non-hydrogen) atoms. The van der Waals surface area contributed by atoms with Gasteiger partial charge in [0.05, 0.1) is 17.9 Å². The Balaban J connectivity index is 1.37. The van der Waals surface area contributed by atoms with Crippen molar-refractivity contribution in [1.82, 2.24) is 19.8 Å². The van der Waals surface area contributed by atoms with Crippen LogP contribution in [0.15, 0.2) is 24.3 Å². The second-order valence-corrected chi connectivity index (χ2v) is 11.1. The van der Waals surface area contributed by atoms with Gasteiger partial charge in [-0.3, -0.25) is 19.0 Å². The molecule has 2 aromatic rings. The van der Waals surface area contributed by atoms with E-state index in [2.05, 4.69) is 10.0 Å². The number of carbonyl (C=O) groups excluding carboxylic acids is 2. The molecule has 1 aromatic carbocycles. The number of fused-ring (bicyclic) bond motifs is 1. The van der Waals surface area contributed by atoms with E-state index in [1.807, 2.05) is 6.07 Å². The van der Waals surface area contributed by atoms with E-state index in [1.54, 1.807) is 30.0 Å². The van der Waals surface area contributed by atoms with Crippen molar-refractivity contribution in [3.05, 3.63) is 46.8 Å². The lowest BCUT2D eigenvalue weighted by atomic mass is 9.95. The molecule has 1 aliphatic heterocycles. The third kappa shape index (κ3) is 8.17. The predicted octanol–water partition coefficient (Wildman–Crippen LogP) is 4.42. The molecule has 2 N–H and O–H groups in total. The van der Waals surface area contributed by atoms with Crippen molar-refractivity contribution in [2.24, 2.45) is 5.92 Å². The molecule has 8 nitrogen and oxygen atoms in total. The third-order valence-corrected chi connectivity index (χ3v) is 7.35. The lowest BCUT2D eigenvalue weighted by molar-refractivity contribution is -0.0229. The van der Waals surface area contributed by atoms with Crippen LogP contribution in [0.1, 0.15) is 71.1 Å². The second kappa shape index (κ2) is 12.9. The first-order chi connectivity index (χ1) is 18.2. The number of ether oxygens (including phenoxy) is 2. The molecule has 11 heteroatoms. The van der Waals surface area contributed by atoms with E-state index in [0.717, 1.165) is 38.2 Å². The Hall–Kier alpha value is -2.66. The zero-order chi connectivity index (χ0) is 27.1. The van der Waals surface area contributed by atoms with E-state index < -0.39 is 12.5 Å². The van der Waals surface area contributed by atoms with Gasteiger partial charge in [0.15, 0.2) is 6.61 Å². The van der Waals surface area contributed by atoms with Crippen molar-refractivity contribution >= 4 is 23.8 Å². The van der Waals surface area contributed by atoms with Crippen LogP contribution < -0.4 is 14.8 Å². The Kier molecular flexibility index (Phi) is 9.64. The van der Waals surface area contributed by atoms with Gasteiger partial charge >= 0.3 is 0 Å². The Labute approximate surface area is 226 Å². The summed E-state index contributed by atoms with van der Waals surface area (Å²) in [6.07, 6.45) is 6.16. The summed E-state index contributed by atoms with van der Waals surface area (Å²) in [7, 11) is 1.61. The molecule has 1 saturated carbocycles. The molecule has 2 aliphatic rings. The number of hydrogen-bond donors (Lipinski definition) is 2. The Morgan fingerprint density at radius 3 is 2.87 bits per heavy atom. The van der Waals surface area contributed by atoms with Crippen molar-refractivity contribution in [3.8, 4) is 5.75 Å². The smallest absolute Gasteiger partial charge is 0.280 e. The summed E-state index contributed by atoms with van der Waals surface area (Å²) in [5.41, 5.74) is 2.35. The number of aryl methyl sites for hydroxylation is 2. The van der Waals surface area contributed by atoms with Crippen LogP contribution in [0.5, 0.6) is 5.75 Å². The molecule has 2 amide bonds. The molecule has 1 aromatic heterocycles. The quantitative estimate of drug-likeness (QED) is 0.252. The molecule has 1 fully saturated rings. The average Bonchev–Trinajstić information content (AvgIpc) is 3.63. The number of halogens is 2. The van der Waals surface area contributed by atoms with Gasteiger partial charge in [-0.05, 0) is 61.2 Å². The number of amides is 2. The molecule has 2 heterocycles. The topological polar surface area (TPSA) is 94.5 Å². The molecule has 208 valence electrons. The van der Waals surface area contributed by atoms with E-state index in [0.29, 0.717) is 53.9 Å². The van der Waals surface area contributed by atoms with Gasteiger partial charge in [-0.25, -0.2) is 8.78 Å². The minimum absolute atomic E-state index is 0.0908. The molecule has 0 bridgehead atoms. The zero-order valence-electron chi connectivity index (χ0n) is 21.9. The first-order valence-corrected chi connectivity index (χ1v) is 14.1. The van der Waals surface area contributed by atoms with Crippen molar-refractivity contribution in [2.45, 2.75) is 70.4 Å². The van der Waals surface area contributed by atoms with E-state index in [4.69, 9.17) is 14.6 Å². The molecule has 4 rings (SSSR count). The van der Waals surface area contributed by atoms with Gasteiger partial charge in [0.1, 0.15) is 11.4 Å². The van der Waals surface area contributed by atoms with Crippen LogP contribution in [0.3, 0.4) is 0 Å². The number of aromatic nitrogens is 2. The third-order valence-electron chi connectivity index (χ3n) is 6.65. The number of nitrogens with zero attached hydrogens (tertiary/aromatic N) is 2.